The van der Waals surface area contributed by atoms with Crippen LogP contribution in [0.15, 0.2) is 12.5 Å². The van der Waals surface area contributed by atoms with Gasteiger partial charge in [0.15, 0.2) is 0 Å². The van der Waals surface area contributed by atoms with E-state index in [0.29, 0.717) is 5.82 Å². The number of aromatic nitrogens is 3. The van der Waals surface area contributed by atoms with Gasteiger partial charge in [-0.15, -0.1) is 0 Å². The minimum atomic E-state index is -0.126. The van der Waals surface area contributed by atoms with Crippen LogP contribution in [0.4, 0.5) is 5.82 Å². The van der Waals surface area contributed by atoms with Crippen molar-refractivity contribution >= 4 is 16.9 Å². The minimum Gasteiger partial charge on any atom is -0.383 e. The van der Waals surface area contributed by atoms with Gasteiger partial charge in [-0.3, -0.25) is 0 Å². The molecule has 1 aliphatic rings. The van der Waals surface area contributed by atoms with Gasteiger partial charge >= 0.3 is 0 Å². The second-order valence-electron chi connectivity index (χ2n) is 5.61. The summed E-state index contributed by atoms with van der Waals surface area (Å²) in [6, 6.07) is 0. The highest BCUT2D eigenvalue weighted by Crippen LogP contribution is 2.35. The van der Waals surface area contributed by atoms with Gasteiger partial charge in [0.05, 0.1) is 23.2 Å². The molecule has 0 bridgehead atoms. The summed E-state index contributed by atoms with van der Waals surface area (Å²) in [5.41, 5.74) is 7.65. The minimum absolute atomic E-state index is 0.0896. The molecule has 3 heterocycles. The van der Waals surface area contributed by atoms with Gasteiger partial charge in [-0.1, -0.05) is 25.7 Å². The van der Waals surface area contributed by atoms with Crippen LogP contribution in [0.1, 0.15) is 44.9 Å². The molecule has 0 spiro atoms. The van der Waals surface area contributed by atoms with Gasteiger partial charge in [-0.2, -0.15) is 0 Å². The first kappa shape index (κ1) is 15.8. The number of rotatable bonds is 3. The Balaban J connectivity index is 2.07. The van der Waals surface area contributed by atoms with Gasteiger partial charge in [0.25, 0.3) is 0 Å². The SMILES string of the molecule is CCC#Cc1cn(C2CC(OC)C(CC)O2)c2ncnc(N)c12. The lowest BCUT2D eigenvalue weighted by molar-refractivity contribution is -0.0271. The molecular formula is C17H22N4O2. The standard InChI is InChI=1S/C17H22N4O2/c1-4-6-7-11-9-21(17-15(11)16(18)19-10-20-17)14-8-13(22-3)12(5-2)23-14/h9-10,12-14H,4-5,8H2,1-3H3,(H2,18,19,20). The molecule has 6 heteroatoms. The molecular weight excluding hydrogens is 292 g/mol. The number of hydrogen-bond acceptors (Lipinski definition) is 5. The zero-order valence-corrected chi connectivity index (χ0v) is 13.7. The third-order valence-electron chi connectivity index (χ3n) is 4.23. The van der Waals surface area contributed by atoms with Crippen LogP contribution in [-0.2, 0) is 9.47 Å². The number of nitrogen functional groups attached to an aromatic ring is 1. The Morgan fingerprint density at radius 1 is 1.43 bits per heavy atom. The molecule has 2 aromatic rings. The van der Waals surface area contributed by atoms with Crippen LogP contribution in [0.3, 0.4) is 0 Å². The summed E-state index contributed by atoms with van der Waals surface area (Å²) in [4.78, 5) is 8.50. The van der Waals surface area contributed by atoms with E-state index in [1.807, 2.05) is 17.7 Å². The molecule has 0 amide bonds. The predicted octanol–water partition coefficient (Wildman–Crippen LogP) is 2.49. The number of nitrogens with zero attached hydrogens (tertiary/aromatic N) is 3. The molecule has 1 aliphatic heterocycles. The van der Waals surface area contributed by atoms with Gasteiger partial charge in [0, 0.05) is 26.1 Å². The first-order chi connectivity index (χ1) is 11.2. The smallest absolute Gasteiger partial charge is 0.148 e. The molecule has 3 atom stereocenters. The van der Waals surface area contributed by atoms with Gasteiger partial charge in [-0.05, 0) is 6.42 Å². The fourth-order valence-corrected chi connectivity index (χ4v) is 3.09. The number of hydrogen-bond donors (Lipinski definition) is 1. The van der Waals surface area contributed by atoms with E-state index in [-0.39, 0.29) is 18.4 Å². The van der Waals surface area contributed by atoms with E-state index in [0.717, 1.165) is 35.9 Å². The fourth-order valence-electron chi connectivity index (χ4n) is 3.09. The highest BCUT2D eigenvalue weighted by atomic mass is 16.6. The number of methoxy groups -OCH3 is 1. The Kier molecular flexibility index (Phi) is 4.51. The van der Waals surface area contributed by atoms with Crippen molar-refractivity contribution in [1.82, 2.24) is 14.5 Å². The first-order valence-electron chi connectivity index (χ1n) is 7.97. The van der Waals surface area contributed by atoms with Gasteiger partial charge < -0.3 is 19.8 Å². The molecule has 0 radical (unpaired) electrons. The van der Waals surface area contributed by atoms with Crippen LogP contribution >= 0.6 is 0 Å². The summed E-state index contributed by atoms with van der Waals surface area (Å²) in [6.07, 6.45) is 5.97. The zero-order valence-electron chi connectivity index (χ0n) is 13.7. The molecule has 0 saturated carbocycles. The number of anilines is 1. The second-order valence-corrected chi connectivity index (χ2v) is 5.61. The number of ether oxygens (including phenoxy) is 2. The van der Waals surface area contributed by atoms with Crippen molar-refractivity contribution in [3.05, 3.63) is 18.1 Å². The quantitative estimate of drug-likeness (QED) is 0.881. The Hall–Kier alpha value is -2.10. The Morgan fingerprint density at radius 2 is 2.26 bits per heavy atom. The highest BCUT2D eigenvalue weighted by molar-refractivity contribution is 5.92. The van der Waals surface area contributed by atoms with E-state index in [1.165, 1.54) is 6.33 Å². The molecule has 23 heavy (non-hydrogen) atoms. The second kappa shape index (κ2) is 6.57. The zero-order chi connectivity index (χ0) is 16.4. The summed E-state index contributed by atoms with van der Waals surface area (Å²) in [5, 5.41) is 0.797. The Morgan fingerprint density at radius 3 is 2.91 bits per heavy atom. The molecule has 1 saturated heterocycles. The van der Waals surface area contributed by atoms with Gasteiger partial charge in [0.2, 0.25) is 0 Å². The maximum atomic E-state index is 6.15. The molecule has 3 unspecified atom stereocenters. The molecule has 1 fully saturated rings. The summed E-state index contributed by atoms with van der Waals surface area (Å²) in [6.45, 7) is 4.12. The topological polar surface area (TPSA) is 75.2 Å². The van der Waals surface area contributed by atoms with Crippen molar-refractivity contribution in [2.45, 2.75) is 51.5 Å². The lowest BCUT2D eigenvalue weighted by atomic mass is 10.1. The maximum absolute atomic E-state index is 6.15. The van der Waals surface area contributed by atoms with E-state index in [4.69, 9.17) is 15.2 Å². The molecule has 122 valence electrons. The summed E-state index contributed by atoms with van der Waals surface area (Å²) < 4.78 is 13.7. The van der Waals surface area contributed by atoms with Crippen molar-refractivity contribution in [1.29, 1.82) is 0 Å². The van der Waals surface area contributed by atoms with Crippen LogP contribution in [0.2, 0.25) is 0 Å². The molecule has 2 aromatic heterocycles. The van der Waals surface area contributed by atoms with Crippen molar-refractivity contribution in [2.24, 2.45) is 0 Å². The van der Waals surface area contributed by atoms with E-state index in [2.05, 4.69) is 28.7 Å². The monoisotopic (exact) mass is 314 g/mol. The normalized spacial score (nSPS) is 23.9. The van der Waals surface area contributed by atoms with Crippen LogP contribution in [0, 0.1) is 11.8 Å². The Labute approximate surface area is 136 Å². The summed E-state index contributed by atoms with van der Waals surface area (Å²) in [7, 11) is 1.73. The summed E-state index contributed by atoms with van der Waals surface area (Å²) >= 11 is 0. The number of fused-ring (bicyclic) bond motifs is 1. The average Bonchev–Trinajstić information content (AvgIpc) is 3.14. The maximum Gasteiger partial charge on any atom is 0.148 e. The fraction of sp³-hybridized carbons (Fsp3) is 0.529. The Bertz CT molecular complexity index is 747. The summed E-state index contributed by atoms with van der Waals surface area (Å²) in [5.74, 6) is 6.69. The van der Waals surface area contributed by atoms with Crippen LogP contribution in [-0.4, -0.2) is 33.9 Å². The van der Waals surface area contributed by atoms with Crippen molar-refractivity contribution < 1.29 is 9.47 Å². The van der Waals surface area contributed by atoms with Gasteiger partial charge in [0.1, 0.15) is 24.0 Å². The largest absolute Gasteiger partial charge is 0.383 e. The number of nitrogens with two attached hydrogens (primary N) is 1. The molecule has 0 aromatic carbocycles. The lowest BCUT2D eigenvalue weighted by Crippen LogP contribution is -2.21. The molecule has 0 aliphatic carbocycles. The van der Waals surface area contributed by atoms with Crippen LogP contribution < -0.4 is 5.73 Å². The van der Waals surface area contributed by atoms with Crippen molar-refractivity contribution in [3.63, 3.8) is 0 Å². The third-order valence-corrected chi connectivity index (χ3v) is 4.23. The van der Waals surface area contributed by atoms with E-state index in [9.17, 15) is 0 Å². The van der Waals surface area contributed by atoms with Crippen LogP contribution in [0.25, 0.3) is 11.0 Å². The third kappa shape index (κ3) is 2.78. The van der Waals surface area contributed by atoms with Crippen LogP contribution in [0.5, 0.6) is 0 Å². The predicted molar refractivity (Wildman–Crippen MR) is 88.7 cm³/mol. The highest BCUT2D eigenvalue weighted by Gasteiger charge is 2.36. The van der Waals surface area contributed by atoms with Gasteiger partial charge in [-0.25, -0.2) is 9.97 Å². The average molecular weight is 314 g/mol. The lowest BCUT2D eigenvalue weighted by Gasteiger charge is -2.15. The molecule has 3 rings (SSSR count). The van der Waals surface area contributed by atoms with E-state index in [1.54, 1.807) is 7.11 Å². The van der Waals surface area contributed by atoms with Crippen molar-refractivity contribution in [3.8, 4) is 11.8 Å². The molecule has 6 nitrogen and oxygen atoms in total. The van der Waals surface area contributed by atoms with E-state index < -0.39 is 0 Å². The molecule has 2 N–H and O–H groups in total. The first-order valence-corrected chi connectivity index (χ1v) is 7.97. The van der Waals surface area contributed by atoms with Crippen molar-refractivity contribution in [2.75, 3.05) is 12.8 Å². The van der Waals surface area contributed by atoms with E-state index >= 15 is 0 Å².